The van der Waals surface area contributed by atoms with Crippen molar-refractivity contribution in [3.05, 3.63) is 35.4 Å². The molecule has 0 spiro atoms. The lowest BCUT2D eigenvalue weighted by molar-refractivity contribution is 0.112. The molecule has 20 heavy (non-hydrogen) atoms. The lowest BCUT2D eigenvalue weighted by Crippen LogP contribution is -2.27. The van der Waals surface area contributed by atoms with E-state index in [4.69, 9.17) is 0 Å². The molecule has 1 aromatic rings. The molecule has 116 valence electrons. The second-order valence-corrected chi connectivity index (χ2v) is 4.44. The van der Waals surface area contributed by atoms with E-state index in [-0.39, 0.29) is 0 Å². The van der Waals surface area contributed by atoms with Crippen molar-refractivity contribution in [2.75, 3.05) is 33.7 Å². The number of carbonyl (C=O) groups excluding carboxylic acids is 1. The number of hydrogen-bond acceptors (Lipinski definition) is 3. The molecular formula is C17H32N2O. The van der Waals surface area contributed by atoms with E-state index in [2.05, 4.69) is 24.2 Å². The molecule has 0 amide bonds. The van der Waals surface area contributed by atoms with Crippen LogP contribution in [-0.4, -0.2) is 44.9 Å². The summed E-state index contributed by atoms with van der Waals surface area (Å²) in [7, 11) is 4.14. The van der Waals surface area contributed by atoms with Crippen LogP contribution < -0.4 is 5.32 Å². The van der Waals surface area contributed by atoms with Gasteiger partial charge in [0.2, 0.25) is 0 Å². The van der Waals surface area contributed by atoms with Gasteiger partial charge in [-0.3, -0.25) is 4.79 Å². The third kappa shape index (κ3) is 13.2. The van der Waals surface area contributed by atoms with Crippen molar-refractivity contribution in [1.82, 2.24) is 10.2 Å². The molecule has 1 N–H and O–H groups in total. The first kappa shape index (κ1) is 21.1. The number of nitrogens with zero attached hydrogens (tertiary/aromatic N) is 1. The van der Waals surface area contributed by atoms with Gasteiger partial charge in [0.05, 0.1) is 0 Å². The van der Waals surface area contributed by atoms with E-state index < -0.39 is 0 Å². The van der Waals surface area contributed by atoms with Crippen molar-refractivity contribution in [3.63, 3.8) is 0 Å². The topological polar surface area (TPSA) is 32.3 Å². The highest BCUT2D eigenvalue weighted by Gasteiger charge is 1.92. The fourth-order valence-electron chi connectivity index (χ4n) is 1.44. The van der Waals surface area contributed by atoms with Gasteiger partial charge in [-0.15, -0.1) is 0 Å². The Kier molecular flexibility index (Phi) is 16.8. The molecule has 0 aliphatic rings. The highest BCUT2D eigenvalue weighted by molar-refractivity contribution is 5.74. The van der Waals surface area contributed by atoms with Crippen molar-refractivity contribution >= 4 is 6.29 Å². The molecule has 3 nitrogen and oxygen atoms in total. The molecule has 1 aromatic carbocycles. The summed E-state index contributed by atoms with van der Waals surface area (Å²) >= 11 is 0. The molecule has 0 heterocycles. The SMILES string of the molecule is CC.CCCN(C)CCNC.Cc1ccc(C=O)cc1. The average molecular weight is 280 g/mol. The summed E-state index contributed by atoms with van der Waals surface area (Å²) in [6.07, 6.45) is 2.10. The maximum absolute atomic E-state index is 10.1. The number of likely N-dealkylation sites (N-methyl/N-ethyl adjacent to an activating group) is 2. The van der Waals surface area contributed by atoms with Gasteiger partial charge < -0.3 is 10.2 Å². The normalized spacial score (nSPS) is 9.15. The van der Waals surface area contributed by atoms with E-state index >= 15 is 0 Å². The third-order valence-corrected chi connectivity index (χ3v) is 2.56. The lowest BCUT2D eigenvalue weighted by atomic mass is 10.2. The molecule has 1 rings (SSSR count). The van der Waals surface area contributed by atoms with Crippen molar-refractivity contribution < 1.29 is 4.79 Å². The minimum Gasteiger partial charge on any atom is -0.318 e. The molecule has 0 aliphatic carbocycles. The summed E-state index contributed by atoms with van der Waals surface area (Å²) in [4.78, 5) is 12.4. The number of aldehydes is 1. The van der Waals surface area contributed by atoms with Crippen LogP contribution in [0.25, 0.3) is 0 Å². The summed E-state index contributed by atoms with van der Waals surface area (Å²) in [6.45, 7) is 11.7. The minimum absolute atomic E-state index is 0.737. The molecular weight excluding hydrogens is 248 g/mol. The van der Waals surface area contributed by atoms with Crippen LogP contribution in [0.2, 0.25) is 0 Å². The molecule has 0 bridgehead atoms. The van der Waals surface area contributed by atoms with Crippen molar-refractivity contribution in [2.45, 2.75) is 34.1 Å². The third-order valence-electron chi connectivity index (χ3n) is 2.56. The maximum atomic E-state index is 10.1. The minimum atomic E-state index is 0.737. The molecule has 0 saturated carbocycles. The molecule has 0 fully saturated rings. The second kappa shape index (κ2) is 15.9. The second-order valence-electron chi connectivity index (χ2n) is 4.44. The van der Waals surface area contributed by atoms with Gasteiger partial charge in [-0.2, -0.15) is 0 Å². The Balaban J connectivity index is 0. The fourth-order valence-corrected chi connectivity index (χ4v) is 1.44. The Morgan fingerprint density at radius 1 is 1.15 bits per heavy atom. The fraction of sp³-hybridized carbons (Fsp3) is 0.588. The molecule has 0 aromatic heterocycles. The first-order valence-electron chi connectivity index (χ1n) is 7.49. The van der Waals surface area contributed by atoms with Crippen molar-refractivity contribution in [3.8, 4) is 0 Å². The van der Waals surface area contributed by atoms with Crippen LogP contribution in [0.15, 0.2) is 24.3 Å². The van der Waals surface area contributed by atoms with Crippen LogP contribution in [0.4, 0.5) is 0 Å². The average Bonchev–Trinajstić information content (AvgIpc) is 2.49. The van der Waals surface area contributed by atoms with Gasteiger partial charge in [0.25, 0.3) is 0 Å². The van der Waals surface area contributed by atoms with Crippen molar-refractivity contribution in [2.24, 2.45) is 0 Å². The van der Waals surface area contributed by atoms with Gasteiger partial charge in [-0.05, 0) is 34.0 Å². The summed E-state index contributed by atoms with van der Waals surface area (Å²) < 4.78 is 0. The van der Waals surface area contributed by atoms with Gasteiger partial charge in [0.1, 0.15) is 6.29 Å². The number of carbonyl (C=O) groups is 1. The standard InChI is InChI=1S/C8H8O.C7H18N2.C2H6/c1-7-2-4-8(6-9)5-3-7;1-4-6-9(3)7-5-8-2;1-2/h2-6H,1H3;8H,4-7H2,1-3H3;1-2H3. The van der Waals surface area contributed by atoms with Crippen LogP contribution >= 0.6 is 0 Å². The molecule has 0 radical (unpaired) electrons. The summed E-state index contributed by atoms with van der Waals surface area (Å²) in [5.74, 6) is 0. The summed E-state index contributed by atoms with van der Waals surface area (Å²) in [5, 5.41) is 3.12. The molecule has 0 unspecified atom stereocenters. The number of benzene rings is 1. The van der Waals surface area contributed by atoms with E-state index in [0.29, 0.717) is 0 Å². The molecule has 0 saturated heterocycles. The van der Waals surface area contributed by atoms with Crippen LogP contribution in [0.3, 0.4) is 0 Å². The van der Waals surface area contributed by atoms with E-state index in [1.54, 1.807) is 0 Å². The van der Waals surface area contributed by atoms with E-state index in [0.717, 1.165) is 24.9 Å². The van der Waals surface area contributed by atoms with Gasteiger partial charge in [-0.1, -0.05) is 50.6 Å². The first-order chi connectivity index (χ1) is 9.63. The number of nitrogens with one attached hydrogen (secondary N) is 1. The van der Waals surface area contributed by atoms with Gasteiger partial charge in [0.15, 0.2) is 0 Å². The predicted molar refractivity (Wildman–Crippen MR) is 89.6 cm³/mol. The quantitative estimate of drug-likeness (QED) is 0.811. The molecule has 3 heteroatoms. The Hall–Kier alpha value is -1.19. The highest BCUT2D eigenvalue weighted by Crippen LogP contribution is 1.98. The Labute approximate surface area is 125 Å². The van der Waals surface area contributed by atoms with E-state index in [9.17, 15) is 4.79 Å². The van der Waals surface area contributed by atoms with Crippen molar-refractivity contribution in [1.29, 1.82) is 0 Å². The Morgan fingerprint density at radius 2 is 1.70 bits per heavy atom. The first-order valence-corrected chi connectivity index (χ1v) is 7.49. The Morgan fingerprint density at radius 3 is 2.10 bits per heavy atom. The molecule has 0 aliphatic heterocycles. The van der Waals surface area contributed by atoms with Crippen LogP contribution in [0.1, 0.15) is 43.1 Å². The van der Waals surface area contributed by atoms with Crippen LogP contribution in [0, 0.1) is 6.92 Å². The monoisotopic (exact) mass is 280 g/mol. The predicted octanol–water partition coefficient (Wildman–Crippen LogP) is 3.38. The Bertz CT molecular complexity index is 309. The van der Waals surface area contributed by atoms with Gasteiger partial charge >= 0.3 is 0 Å². The number of aryl methyl sites for hydroxylation is 1. The smallest absolute Gasteiger partial charge is 0.150 e. The lowest BCUT2D eigenvalue weighted by Gasteiger charge is -2.13. The number of hydrogen-bond donors (Lipinski definition) is 1. The zero-order chi connectivity index (χ0) is 15.8. The largest absolute Gasteiger partial charge is 0.318 e. The van der Waals surface area contributed by atoms with Crippen LogP contribution in [0.5, 0.6) is 0 Å². The number of rotatable bonds is 6. The zero-order valence-electron chi connectivity index (χ0n) is 14.1. The maximum Gasteiger partial charge on any atom is 0.150 e. The highest BCUT2D eigenvalue weighted by atomic mass is 16.1. The summed E-state index contributed by atoms with van der Waals surface area (Å²) in [6, 6.07) is 7.46. The van der Waals surface area contributed by atoms with Crippen LogP contribution in [-0.2, 0) is 0 Å². The molecule has 0 atom stereocenters. The van der Waals surface area contributed by atoms with E-state index in [1.807, 2.05) is 52.1 Å². The van der Waals surface area contributed by atoms with E-state index in [1.165, 1.54) is 18.5 Å². The van der Waals surface area contributed by atoms with Gasteiger partial charge in [0, 0.05) is 18.7 Å². The van der Waals surface area contributed by atoms with Gasteiger partial charge in [-0.25, -0.2) is 0 Å². The zero-order valence-corrected chi connectivity index (χ0v) is 14.1. The summed E-state index contributed by atoms with van der Waals surface area (Å²) in [5.41, 5.74) is 1.92.